The van der Waals surface area contributed by atoms with Crippen LogP contribution in [0.5, 0.6) is 0 Å². The molecular weight excluding hydrogens is 640 g/mol. The molecule has 49 heavy (non-hydrogen) atoms. The number of nitrogens with zero attached hydrogens (tertiary/aromatic N) is 2. The van der Waals surface area contributed by atoms with Gasteiger partial charge in [-0.15, -0.1) is 0 Å². The largest absolute Gasteiger partial charge is 0.465 e. The van der Waals surface area contributed by atoms with Crippen molar-refractivity contribution in [2.75, 3.05) is 34.4 Å². The number of ether oxygens (including phenoxy) is 6. The van der Waals surface area contributed by atoms with E-state index in [9.17, 15) is 29.1 Å². The standard InChI is InChI=1S/C35H58N2O12/c1-13-24-35(9)29(37(33(43)49-35)17-25(38)45-14-2)20(5)26(39)18(3)16-34(8,44-12)30(21(6)27(40)22(7)31(42)47-24)48-32-28(41)23(36(10)11)15-19(4)46-32/h18-24,28-30,32,41H,13-17H2,1-12H3/t18-,19-,20+,21+,22-,23+,24-,28-,29-,30-,32+,34-,35-/m1/s1. The summed E-state index contributed by atoms with van der Waals surface area (Å²) < 4.78 is 35.6. The second-order valence-electron chi connectivity index (χ2n) is 14.6. The fraction of sp³-hybridized carbons (Fsp3) is 0.857. The van der Waals surface area contributed by atoms with Crippen LogP contribution in [-0.2, 0) is 47.6 Å². The van der Waals surface area contributed by atoms with Crippen LogP contribution in [0.3, 0.4) is 0 Å². The van der Waals surface area contributed by atoms with Crippen LogP contribution in [0.2, 0.25) is 0 Å². The van der Waals surface area contributed by atoms with E-state index in [4.69, 9.17) is 28.4 Å². The van der Waals surface area contributed by atoms with Gasteiger partial charge in [0.05, 0.1) is 30.5 Å². The van der Waals surface area contributed by atoms with Crippen LogP contribution in [0, 0.1) is 23.7 Å². The van der Waals surface area contributed by atoms with E-state index in [1.165, 1.54) is 14.0 Å². The van der Waals surface area contributed by atoms with Gasteiger partial charge in [-0.05, 0) is 68.0 Å². The third-order valence-corrected chi connectivity index (χ3v) is 10.8. The van der Waals surface area contributed by atoms with E-state index in [0.717, 1.165) is 4.90 Å². The van der Waals surface area contributed by atoms with Crippen LogP contribution in [0.1, 0.15) is 81.6 Å². The number of aliphatic hydroxyl groups excluding tert-OH is 1. The molecule has 3 saturated heterocycles. The Morgan fingerprint density at radius 2 is 1.65 bits per heavy atom. The molecular formula is C35H58N2O12. The van der Waals surface area contributed by atoms with Gasteiger partial charge in [0.2, 0.25) is 0 Å². The van der Waals surface area contributed by atoms with E-state index >= 15 is 0 Å². The molecule has 13 atom stereocenters. The smallest absolute Gasteiger partial charge is 0.411 e. The highest BCUT2D eigenvalue weighted by molar-refractivity contribution is 6.00. The van der Waals surface area contributed by atoms with Gasteiger partial charge in [-0.25, -0.2) is 4.79 Å². The first-order valence-corrected chi connectivity index (χ1v) is 17.4. The monoisotopic (exact) mass is 698 g/mol. The van der Waals surface area contributed by atoms with Gasteiger partial charge in [0, 0.05) is 30.9 Å². The van der Waals surface area contributed by atoms with Crippen LogP contribution in [0.25, 0.3) is 0 Å². The molecule has 3 heterocycles. The summed E-state index contributed by atoms with van der Waals surface area (Å²) in [5.74, 6) is -6.17. The molecule has 0 bridgehead atoms. The Kier molecular flexibility index (Phi) is 13.4. The van der Waals surface area contributed by atoms with E-state index < -0.39 is 95.9 Å². The van der Waals surface area contributed by atoms with Gasteiger partial charge in [-0.1, -0.05) is 27.7 Å². The lowest BCUT2D eigenvalue weighted by Gasteiger charge is -2.47. The average Bonchev–Trinajstić information content (AvgIpc) is 3.29. The number of methoxy groups -OCH3 is 1. The first kappa shape index (κ1) is 40.8. The predicted molar refractivity (Wildman–Crippen MR) is 176 cm³/mol. The summed E-state index contributed by atoms with van der Waals surface area (Å²) in [4.78, 5) is 71.3. The van der Waals surface area contributed by atoms with Crippen molar-refractivity contribution in [1.82, 2.24) is 9.80 Å². The molecule has 0 aromatic heterocycles. The first-order valence-electron chi connectivity index (χ1n) is 17.4. The number of esters is 2. The maximum absolute atomic E-state index is 14.4. The molecule has 0 unspecified atom stereocenters. The SMILES string of the molecule is CCOC(=O)CN1C(=O)O[C@]2(C)[C@@H](CC)OC(=O)[C@H](C)C(=O)[C@H](C)[C@@H](O[C@@H]3O[C@H](C)C[C@H](N(C)C)[C@H]3O)[C@](C)(OC)C[C@@H](C)C(=O)[C@H](C)[C@@H]12. The molecule has 3 rings (SSSR count). The number of Topliss-reactive ketones (excluding diaryl/α,β-unsaturated/α-hetero) is 2. The van der Waals surface area contributed by atoms with Gasteiger partial charge in [-0.2, -0.15) is 0 Å². The van der Waals surface area contributed by atoms with Crippen LogP contribution < -0.4 is 0 Å². The Bertz CT molecular complexity index is 1230. The Morgan fingerprint density at radius 1 is 1.02 bits per heavy atom. The quantitative estimate of drug-likeness (QED) is 0.224. The van der Waals surface area contributed by atoms with E-state index in [0.29, 0.717) is 6.42 Å². The van der Waals surface area contributed by atoms with Crippen molar-refractivity contribution >= 4 is 29.6 Å². The van der Waals surface area contributed by atoms with Crippen molar-refractivity contribution in [2.24, 2.45) is 23.7 Å². The molecule has 0 aromatic carbocycles. The predicted octanol–water partition coefficient (Wildman–Crippen LogP) is 2.75. The number of amides is 1. The highest BCUT2D eigenvalue weighted by Gasteiger charge is 2.61. The van der Waals surface area contributed by atoms with Crippen molar-refractivity contribution in [1.29, 1.82) is 0 Å². The third-order valence-electron chi connectivity index (χ3n) is 10.8. The average molecular weight is 699 g/mol. The minimum Gasteiger partial charge on any atom is -0.465 e. The zero-order chi connectivity index (χ0) is 37.2. The van der Waals surface area contributed by atoms with Crippen molar-refractivity contribution in [2.45, 2.75) is 136 Å². The molecule has 0 radical (unpaired) electrons. The van der Waals surface area contributed by atoms with Gasteiger partial charge in [-0.3, -0.25) is 24.1 Å². The number of cyclic esters (lactones) is 1. The Morgan fingerprint density at radius 3 is 2.20 bits per heavy atom. The minimum atomic E-state index is -1.55. The molecule has 280 valence electrons. The summed E-state index contributed by atoms with van der Waals surface area (Å²) in [6, 6.07) is -1.32. The van der Waals surface area contributed by atoms with E-state index in [2.05, 4.69) is 0 Å². The Labute approximate surface area is 290 Å². The number of carbonyl (C=O) groups excluding carboxylic acids is 5. The molecule has 14 heteroatoms. The molecule has 3 aliphatic heterocycles. The highest BCUT2D eigenvalue weighted by Crippen LogP contribution is 2.43. The number of aliphatic hydroxyl groups is 1. The normalized spacial score (nSPS) is 41.2. The van der Waals surface area contributed by atoms with Crippen LogP contribution in [0.15, 0.2) is 0 Å². The summed E-state index contributed by atoms with van der Waals surface area (Å²) in [5, 5.41) is 11.3. The summed E-state index contributed by atoms with van der Waals surface area (Å²) in [6.07, 6.45) is -4.67. The van der Waals surface area contributed by atoms with E-state index in [1.54, 1.807) is 48.5 Å². The number of fused-ring (bicyclic) bond motifs is 1. The van der Waals surface area contributed by atoms with E-state index in [-0.39, 0.29) is 37.4 Å². The molecule has 1 amide bonds. The van der Waals surface area contributed by atoms with E-state index in [1.807, 2.05) is 25.9 Å². The lowest BCUT2D eigenvalue weighted by atomic mass is 9.73. The highest BCUT2D eigenvalue weighted by atomic mass is 16.7. The first-order chi connectivity index (χ1) is 22.8. The second-order valence-corrected chi connectivity index (χ2v) is 14.6. The van der Waals surface area contributed by atoms with Gasteiger partial charge in [0.1, 0.15) is 30.5 Å². The molecule has 0 spiro atoms. The summed E-state index contributed by atoms with van der Waals surface area (Å²) >= 11 is 0. The number of carbonyl (C=O) groups is 5. The zero-order valence-electron chi connectivity index (χ0n) is 31.2. The maximum atomic E-state index is 14.4. The van der Waals surface area contributed by atoms with Gasteiger partial charge >= 0.3 is 18.0 Å². The van der Waals surface area contributed by atoms with Gasteiger partial charge < -0.3 is 38.4 Å². The second kappa shape index (κ2) is 16.1. The molecule has 3 fully saturated rings. The lowest BCUT2D eigenvalue weighted by molar-refractivity contribution is -0.295. The molecule has 0 aromatic rings. The Hall–Kier alpha value is -2.65. The lowest BCUT2D eigenvalue weighted by Crippen LogP contribution is -2.60. The third kappa shape index (κ3) is 8.30. The topological polar surface area (TPSA) is 167 Å². The molecule has 0 saturated carbocycles. The van der Waals surface area contributed by atoms with Crippen molar-refractivity contribution in [3.05, 3.63) is 0 Å². The number of likely N-dealkylation sites (N-methyl/N-ethyl adjacent to an activating group) is 1. The summed E-state index contributed by atoms with van der Waals surface area (Å²) in [7, 11) is 5.15. The van der Waals surface area contributed by atoms with Crippen molar-refractivity contribution in [3.63, 3.8) is 0 Å². The van der Waals surface area contributed by atoms with Crippen LogP contribution >= 0.6 is 0 Å². The molecule has 14 nitrogen and oxygen atoms in total. The fourth-order valence-electron chi connectivity index (χ4n) is 7.99. The van der Waals surface area contributed by atoms with Crippen LogP contribution in [0.4, 0.5) is 4.79 Å². The molecule has 0 aliphatic carbocycles. The zero-order valence-corrected chi connectivity index (χ0v) is 31.2. The molecule has 3 aliphatic rings. The van der Waals surface area contributed by atoms with Crippen LogP contribution in [-0.4, -0.2) is 133 Å². The molecule has 1 N–H and O–H groups in total. The number of ketones is 2. The van der Waals surface area contributed by atoms with Gasteiger partial charge in [0.25, 0.3) is 0 Å². The fourth-order valence-corrected chi connectivity index (χ4v) is 7.99. The summed E-state index contributed by atoms with van der Waals surface area (Å²) in [6.45, 7) is 14.6. The number of rotatable bonds is 8. The minimum absolute atomic E-state index is 0.0661. The van der Waals surface area contributed by atoms with Crippen molar-refractivity contribution in [3.8, 4) is 0 Å². The number of hydrogen-bond donors (Lipinski definition) is 1. The summed E-state index contributed by atoms with van der Waals surface area (Å²) in [5.41, 5.74) is -2.86. The van der Waals surface area contributed by atoms with Gasteiger partial charge in [0.15, 0.2) is 17.7 Å². The number of hydrogen-bond acceptors (Lipinski definition) is 13. The van der Waals surface area contributed by atoms with Crippen molar-refractivity contribution < 1.29 is 57.5 Å². The Balaban J connectivity index is 2.14. The maximum Gasteiger partial charge on any atom is 0.411 e.